The van der Waals surface area contributed by atoms with Crippen LogP contribution >= 0.6 is 0 Å². The number of nitrogens with zero attached hydrogens (tertiary/aromatic N) is 2. The van der Waals surface area contributed by atoms with Crippen LogP contribution in [0.5, 0.6) is 5.88 Å². The molecule has 0 saturated heterocycles. The number of benzene rings is 2. The summed E-state index contributed by atoms with van der Waals surface area (Å²) in [6, 6.07) is 17.4. The molecule has 1 aromatic heterocycles. The Morgan fingerprint density at radius 2 is 1.19 bits per heavy atom. The summed E-state index contributed by atoms with van der Waals surface area (Å²) in [5, 5.41) is 0. The van der Waals surface area contributed by atoms with E-state index in [2.05, 4.69) is 72.3 Å². The van der Waals surface area contributed by atoms with E-state index in [1.165, 1.54) is 56.1 Å². The van der Waals surface area contributed by atoms with Gasteiger partial charge in [0, 0.05) is 5.56 Å². The van der Waals surface area contributed by atoms with Crippen molar-refractivity contribution in [1.29, 1.82) is 0 Å². The van der Waals surface area contributed by atoms with Crippen molar-refractivity contribution in [3.05, 3.63) is 77.6 Å². The SMILES string of the molecule is CCCCCCc1ccc(COc2cnc(-c3ccc(CCCCC)cc3)cn2)cc1. The van der Waals surface area contributed by atoms with Gasteiger partial charge in [-0.15, -0.1) is 0 Å². The standard InChI is InChI=1S/C28H36N2O/c1-3-5-7-9-11-23-12-14-25(15-13-23)22-31-28-21-29-27(20-30-28)26-18-16-24(17-19-26)10-8-6-4-2/h12-21H,3-11,22H2,1-2H3. The van der Waals surface area contributed by atoms with Gasteiger partial charge in [-0.25, -0.2) is 9.97 Å². The molecule has 0 bridgehead atoms. The third kappa shape index (κ3) is 7.82. The van der Waals surface area contributed by atoms with Gasteiger partial charge in [0.25, 0.3) is 0 Å². The van der Waals surface area contributed by atoms with Gasteiger partial charge in [0.2, 0.25) is 5.88 Å². The molecule has 3 nitrogen and oxygen atoms in total. The summed E-state index contributed by atoms with van der Waals surface area (Å²) in [6.45, 7) is 5.00. The van der Waals surface area contributed by atoms with Crippen molar-refractivity contribution in [2.45, 2.75) is 78.2 Å². The van der Waals surface area contributed by atoms with Crippen molar-refractivity contribution >= 4 is 0 Å². The minimum Gasteiger partial charge on any atom is -0.472 e. The lowest BCUT2D eigenvalue weighted by Crippen LogP contribution is -1.99. The van der Waals surface area contributed by atoms with Crippen LogP contribution in [0.2, 0.25) is 0 Å². The van der Waals surface area contributed by atoms with Crippen LogP contribution in [0, 0.1) is 0 Å². The molecule has 1 heterocycles. The second kappa shape index (κ2) is 12.9. The summed E-state index contributed by atoms with van der Waals surface area (Å²) in [7, 11) is 0. The van der Waals surface area contributed by atoms with Crippen molar-refractivity contribution < 1.29 is 4.74 Å². The number of rotatable bonds is 13. The molecule has 0 amide bonds. The van der Waals surface area contributed by atoms with Gasteiger partial charge in [0.1, 0.15) is 6.61 Å². The first kappa shape index (κ1) is 23.0. The summed E-state index contributed by atoms with van der Waals surface area (Å²) in [5.74, 6) is 0.559. The van der Waals surface area contributed by atoms with Crippen LogP contribution in [-0.4, -0.2) is 9.97 Å². The van der Waals surface area contributed by atoms with E-state index in [4.69, 9.17) is 4.74 Å². The van der Waals surface area contributed by atoms with Crippen molar-refractivity contribution in [2.75, 3.05) is 0 Å². The molecule has 0 aliphatic heterocycles. The highest BCUT2D eigenvalue weighted by molar-refractivity contribution is 5.58. The Balaban J connectivity index is 1.47. The lowest BCUT2D eigenvalue weighted by atomic mass is 10.0. The first-order valence-electron chi connectivity index (χ1n) is 11.9. The van der Waals surface area contributed by atoms with Gasteiger partial charge in [-0.2, -0.15) is 0 Å². The van der Waals surface area contributed by atoms with E-state index < -0.39 is 0 Å². The third-order valence-corrected chi connectivity index (χ3v) is 5.68. The normalized spacial score (nSPS) is 10.9. The summed E-state index contributed by atoms with van der Waals surface area (Å²) < 4.78 is 5.84. The number of aryl methyl sites for hydroxylation is 2. The van der Waals surface area contributed by atoms with Gasteiger partial charge in [-0.1, -0.05) is 94.5 Å². The molecule has 164 valence electrons. The quantitative estimate of drug-likeness (QED) is 0.269. The van der Waals surface area contributed by atoms with Crippen molar-refractivity contribution in [2.24, 2.45) is 0 Å². The molecule has 0 radical (unpaired) electrons. The number of aromatic nitrogens is 2. The first-order valence-corrected chi connectivity index (χ1v) is 11.9. The molecule has 2 aromatic carbocycles. The lowest BCUT2D eigenvalue weighted by Gasteiger charge is -2.08. The Morgan fingerprint density at radius 1 is 0.613 bits per heavy atom. The molecule has 0 unspecified atom stereocenters. The zero-order valence-electron chi connectivity index (χ0n) is 19.1. The van der Waals surface area contributed by atoms with Crippen molar-refractivity contribution in [1.82, 2.24) is 9.97 Å². The monoisotopic (exact) mass is 416 g/mol. The Kier molecular flexibility index (Phi) is 9.56. The minimum atomic E-state index is 0.511. The van der Waals surface area contributed by atoms with E-state index in [9.17, 15) is 0 Å². The molecule has 3 heteroatoms. The maximum absolute atomic E-state index is 5.84. The molecular formula is C28H36N2O. The topological polar surface area (TPSA) is 35.0 Å². The van der Waals surface area contributed by atoms with Gasteiger partial charge in [0.15, 0.2) is 0 Å². The van der Waals surface area contributed by atoms with E-state index in [-0.39, 0.29) is 0 Å². The number of ether oxygens (including phenoxy) is 1. The zero-order chi connectivity index (χ0) is 21.7. The van der Waals surface area contributed by atoms with Gasteiger partial charge >= 0.3 is 0 Å². The number of hydrogen-bond donors (Lipinski definition) is 0. The largest absolute Gasteiger partial charge is 0.472 e. The van der Waals surface area contributed by atoms with Crippen LogP contribution in [0.25, 0.3) is 11.3 Å². The molecular weight excluding hydrogens is 380 g/mol. The Morgan fingerprint density at radius 3 is 1.81 bits per heavy atom. The van der Waals surface area contributed by atoms with E-state index in [0.717, 1.165) is 29.7 Å². The highest BCUT2D eigenvalue weighted by Gasteiger charge is 2.04. The molecule has 0 N–H and O–H groups in total. The van der Waals surface area contributed by atoms with E-state index in [1.54, 1.807) is 12.4 Å². The minimum absolute atomic E-state index is 0.511. The van der Waals surface area contributed by atoms with Gasteiger partial charge in [-0.05, 0) is 42.4 Å². The van der Waals surface area contributed by atoms with Crippen molar-refractivity contribution in [3.63, 3.8) is 0 Å². The van der Waals surface area contributed by atoms with Gasteiger partial charge < -0.3 is 4.74 Å². The Bertz CT molecular complexity index is 870. The second-order valence-electron chi connectivity index (χ2n) is 8.31. The molecule has 0 fully saturated rings. The first-order chi connectivity index (χ1) is 15.3. The average Bonchev–Trinajstić information content (AvgIpc) is 2.82. The van der Waals surface area contributed by atoms with E-state index in [0.29, 0.717) is 12.5 Å². The van der Waals surface area contributed by atoms with E-state index >= 15 is 0 Å². The summed E-state index contributed by atoms with van der Waals surface area (Å²) >= 11 is 0. The number of hydrogen-bond acceptors (Lipinski definition) is 3. The third-order valence-electron chi connectivity index (χ3n) is 5.68. The molecule has 0 atom stereocenters. The second-order valence-corrected chi connectivity index (χ2v) is 8.31. The summed E-state index contributed by atoms with van der Waals surface area (Å²) in [6.07, 6.45) is 14.8. The lowest BCUT2D eigenvalue weighted by molar-refractivity contribution is 0.292. The van der Waals surface area contributed by atoms with Crippen LogP contribution in [-0.2, 0) is 19.4 Å². The van der Waals surface area contributed by atoms with Crippen LogP contribution in [0.1, 0.15) is 75.5 Å². The summed E-state index contributed by atoms with van der Waals surface area (Å²) in [4.78, 5) is 8.99. The highest BCUT2D eigenvalue weighted by Crippen LogP contribution is 2.19. The fourth-order valence-corrected chi connectivity index (χ4v) is 3.68. The maximum atomic E-state index is 5.84. The van der Waals surface area contributed by atoms with E-state index in [1.807, 2.05) is 0 Å². The van der Waals surface area contributed by atoms with Crippen LogP contribution in [0.15, 0.2) is 60.9 Å². The predicted octanol–water partition coefficient (Wildman–Crippen LogP) is 7.58. The maximum Gasteiger partial charge on any atom is 0.232 e. The predicted molar refractivity (Wildman–Crippen MR) is 129 cm³/mol. The molecule has 3 rings (SSSR count). The molecule has 0 aliphatic carbocycles. The molecule has 0 aliphatic rings. The fraction of sp³-hybridized carbons (Fsp3) is 0.429. The number of unbranched alkanes of at least 4 members (excludes halogenated alkanes) is 5. The summed E-state index contributed by atoms with van der Waals surface area (Å²) in [5.41, 5.74) is 5.91. The smallest absolute Gasteiger partial charge is 0.232 e. The van der Waals surface area contributed by atoms with Crippen molar-refractivity contribution in [3.8, 4) is 17.1 Å². The molecule has 0 spiro atoms. The average molecular weight is 417 g/mol. The Labute approximate surface area is 187 Å². The van der Waals surface area contributed by atoms with Crippen LogP contribution in [0.3, 0.4) is 0 Å². The highest BCUT2D eigenvalue weighted by atomic mass is 16.5. The molecule has 31 heavy (non-hydrogen) atoms. The van der Waals surface area contributed by atoms with Crippen LogP contribution in [0.4, 0.5) is 0 Å². The van der Waals surface area contributed by atoms with Gasteiger partial charge in [0.05, 0.1) is 18.1 Å². The Hall–Kier alpha value is -2.68. The molecule has 3 aromatic rings. The fourth-order valence-electron chi connectivity index (χ4n) is 3.68. The zero-order valence-corrected chi connectivity index (χ0v) is 19.1. The van der Waals surface area contributed by atoms with Gasteiger partial charge in [-0.3, -0.25) is 0 Å². The molecule has 0 saturated carbocycles. The van der Waals surface area contributed by atoms with Crippen LogP contribution < -0.4 is 4.74 Å².